The molecule has 1 nitrogen and oxygen atoms in total. The standard InChI is InChI=1S/C15H18BrN/c1-4-15(2,3)17-14-9-12(10-14)11-6-5-7-13(16)8-11/h1,5-8,12,14,17H,9-10H2,2-3H3. The summed E-state index contributed by atoms with van der Waals surface area (Å²) in [6.07, 6.45) is 7.84. The van der Waals surface area contributed by atoms with E-state index in [1.54, 1.807) is 0 Å². The van der Waals surface area contributed by atoms with Crippen molar-refractivity contribution >= 4 is 15.9 Å². The minimum Gasteiger partial charge on any atom is -0.299 e. The third-order valence-electron chi connectivity index (χ3n) is 3.38. The molecular weight excluding hydrogens is 274 g/mol. The van der Waals surface area contributed by atoms with Crippen molar-refractivity contribution in [2.24, 2.45) is 0 Å². The summed E-state index contributed by atoms with van der Waals surface area (Å²) in [7, 11) is 0. The van der Waals surface area contributed by atoms with Gasteiger partial charge in [0.2, 0.25) is 0 Å². The molecule has 0 bridgehead atoms. The van der Waals surface area contributed by atoms with E-state index in [4.69, 9.17) is 6.42 Å². The molecule has 90 valence electrons. The molecule has 0 atom stereocenters. The van der Waals surface area contributed by atoms with Gasteiger partial charge < -0.3 is 0 Å². The first-order chi connectivity index (χ1) is 8.00. The van der Waals surface area contributed by atoms with E-state index in [1.807, 2.05) is 0 Å². The monoisotopic (exact) mass is 291 g/mol. The fraction of sp³-hybridized carbons (Fsp3) is 0.467. The molecule has 1 aliphatic carbocycles. The smallest absolute Gasteiger partial charge is 0.0743 e. The summed E-state index contributed by atoms with van der Waals surface area (Å²) in [5, 5.41) is 3.51. The second kappa shape index (κ2) is 4.84. The Labute approximate surface area is 112 Å². The SMILES string of the molecule is C#CC(C)(C)NC1CC(c2cccc(Br)c2)C1. The van der Waals surface area contributed by atoms with Crippen molar-refractivity contribution in [3.63, 3.8) is 0 Å². The first-order valence-corrected chi connectivity index (χ1v) is 6.80. The largest absolute Gasteiger partial charge is 0.299 e. The van der Waals surface area contributed by atoms with Crippen LogP contribution < -0.4 is 5.32 Å². The molecule has 2 rings (SSSR count). The highest BCUT2D eigenvalue weighted by Gasteiger charge is 2.33. The Morgan fingerprint density at radius 1 is 1.41 bits per heavy atom. The minimum atomic E-state index is -0.188. The first-order valence-electron chi connectivity index (χ1n) is 6.01. The summed E-state index contributed by atoms with van der Waals surface area (Å²) in [6, 6.07) is 9.15. The number of halogens is 1. The Morgan fingerprint density at radius 2 is 2.12 bits per heavy atom. The van der Waals surface area contributed by atoms with Crippen LogP contribution in [0.2, 0.25) is 0 Å². The van der Waals surface area contributed by atoms with Crippen molar-refractivity contribution in [3.05, 3.63) is 34.3 Å². The maximum absolute atomic E-state index is 5.48. The van der Waals surface area contributed by atoms with Gasteiger partial charge in [0.05, 0.1) is 5.54 Å². The Hall–Kier alpha value is -0.780. The van der Waals surface area contributed by atoms with E-state index in [0.717, 1.165) is 4.47 Å². The Morgan fingerprint density at radius 3 is 2.71 bits per heavy atom. The Kier molecular flexibility index (Phi) is 3.61. The lowest BCUT2D eigenvalue weighted by Gasteiger charge is -2.40. The highest BCUT2D eigenvalue weighted by atomic mass is 79.9. The maximum atomic E-state index is 5.48. The van der Waals surface area contributed by atoms with Crippen LogP contribution in [0.15, 0.2) is 28.7 Å². The molecule has 0 aliphatic heterocycles. The van der Waals surface area contributed by atoms with E-state index in [2.05, 4.69) is 65.3 Å². The highest BCUT2D eigenvalue weighted by molar-refractivity contribution is 9.10. The van der Waals surface area contributed by atoms with Crippen LogP contribution >= 0.6 is 15.9 Å². The van der Waals surface area contributed by atoms with Gasteiger partial charge in [0, 0.05) is 10.5 Å². The van der Waals surface area contributed by atoms with E-state index in [1.165, 1.54) is 18.4 Å². The number of nitrogens with one attached hydrogen (secondary N) is 1. The lowest BCUT2D eigenvalue weighted by atomic mass is 9.75. The van der Waals surface area contributed by atoms with Crippen molar-refractivity contribution in [1.82, 2.24) is 5.32 Å². The average Bonchev–Trinajstić information content (AvgIpc) is 2.23. The van der Waals surface area contributed by atoms with Gasteiger partial charge in [0.1, 0.15) is 0 Å². The predicted molar refractivity (Wildman–Crippen MR) is 76.0 cm³/mol. The lowest BCUT2D eigenvalue weighted by Crippen LogP contribution is -2.50. The Bertz CT molecular complexity index is 438. The van der Waals surface area contributed by atoms with Gasteiger partial charge in [0.25, 0.3) is 0 Å². The molecule has 0 radical (unpaired) electrons. The number of rotatable bonds is 3. The molecule has 0 saturated heterocycles. The number of benzene rings is 1. The molecular formula is C15H18BrN. The summed E-state index contributed by atoms with van der Waals surface area (Å²) in [4.78, 5) is 0. The van der Waals surface area contributed by atoms with Gasteiger partial charge in [-0.15, -0.1) is 6.42 Å². The zero-order chi connectivity index (χ0) is 12.5. The zero-order valence-corrected chi connectivity index (χ0v) is 11.9. The van der Waals surface area contributed by atoms with E-state index in [0.29, 0.717) is 12.0 Å². The van der Waals surface area contributed by atoms with Gasteiger partial charge in [-0.1, -0.05) is 34.0 Å². The molecule has 1 aliphatic rings. The Balaban J connectivity index is 1.90. The second-order valence-electron chi connectivity index (χ2n) is 5.33. The van der Waals surface area contributed by atoms with E-state index < -0.39 is 0 Å². The molecule has 0 spiro atoms. The lowest BCUT2D eigenvalue weighted by molar-refractivity contribution is 0.253. The van der Waals surface area contributed by atoms with Crippen molar-refractivity contribution in [1.29, 1.82) is 0 Å². The zero-order valence-electron chi connectivity index (χ0n) is 10.3. The van der Waals surface area contributed by atoms with Crippen molar-refractivity contribution in [2.45, 2.75) is 44.2 Å². The summed E-state index contributed by atoms with van der Waals surface area (Å²) in [5.74, 6) is 3.46. The van der Waals surface area contributed by atoms with Crippen molar-refractivity contribution in [2.75, 3.05) is 0 Å². The molecule has 1 fully saturated rings. The molecule has 2 heteroatoms. The van der Waals surface area contributed by atoms with Gasteiger partial charge in [-0.2, -0.15) is 0 Å². The van der Waals surface area contributed by atoms with Crippen LogP contribution in [0.4, 0.5) is 0 Å². The fourth-order valence-corrected chi connectivity index (χ4v) is 2.74. The second-order valence-corrected chi connectivity index (χ2v) is 6.25. The number of hydrogen-bond donors (Lipinski definition) is 1. The summed E-state index contributed by atoms with van der Waals surface area (Å²) in [6.45, 7) is 4.11. The molecule has 0 amide bonds. The first kappa shape index (κ1) is 12.7. The predicted octanol–water partition coefficient (Wildman–Crippen LogP) is 3.70. The molecule has 17 heavy (non-hydrogen) atoms. The van der Waals surface area contributed by atoms with Crippen LogP contribution in [0.1, 0.15) is 38.2 Å². The third-order valence-corrected chi connectivity index (χ3v) is 3.88. The van der Waals surface area contributed by atoms with Crippen LogP contribution in [0, 0.1) is 12.3 Å². The number of hydrogen-bond acceptors (Lipinski definition) is 1. The topological polar surface area (TPSA) is 12.0 Å². The quantitative estimate of drug-likeness (QED) is 0.838. The van der Waals surface area contributed by atoms with Crippen LogP contribution in [0.5, 0.6) is 0 Å². The third kappa shape index (κ3) is 3.12. The maximum Gasteiger partial charge on any atom is 0.0743 e. The summed E-state index contributed by atoms with van der Waals surface area (Å²) >= 11 is 3.52. The van der Waals surface area contributed by atoms with Gasteiger partial charge >= 0.3 is 0 Å². The molecule has 1 N–H and O–H groups in total. The normalized spacial score (nSPS) is 23.9. The summed E-state index contributed by atoms with van der Waals surface area (Å²) < 4.78 is 1.16. The van der Waals surface area contributed by atoms with Crippen molar-refractivity contribution < 1.29 is 0 Å². The number of terminal acetylenes is 1. The van der Waals surface area contributed by atoms with Crippen molar-refractivity contribution in [3.8, 4) is 12.3 Å². The average molecular weight is 292 g/mol. The van der Waals surface area contributed by atoms with Gasteiger partial charge in [-0.05, 0) is 50.3 Å². The molecule has 1 aromatic carbocycles. The molecule has 1 saturated carbocycles. The van der Waals surface area contributed by atoms with E-state index in [9.17, 15) is 0 Å². The van der Waals surface area contributed by atoms with Crippen LogP contribution in [0.25, 0.3) is 0 Å². The van der Waals surface area contributed by atoms with Gasteiger partial charge in [-0.3, -0.25) is 5.32 Å². The fourth-order valence-electron chi connectivity index (χ4n) is 2.32. The highest BCUT2D eigenvalue weighted by Crippen LogP contribution is 2.38. The van der Waals surface area contributed by atoms with E-state index in [-0.39, 0.29) is 5.54 Å². The molecule has 0 aromatic heterocycles. The van der Waals surface area contributed by atoms with Crippen LogP contribution in [-0.4, -0.2) is 11.6 Å². The van der Waals surface area contributed by atoms with Crippen LogP contribution in [-0.2, 0) is 0 Å². The molecule has 0 unspecified atom stereocenters. The van der Waals surface area contributed by atoms with Gasteiger partial charge in [-0.25, -0.2) is 0 Å². The minimum absolute atomic E-state index is 0.188. The van der Waals surface area contributed by atoms with Crippen LogP contribution in [0.3, 0.4) is 0 Å². The van der Waals surface area contributed by atoms with Gasteiger partial charge in [0.15, 0.2) is 0 Å². The summed E-state index contributed by atoms with van der Waals surface area (Å²) in [5.41, 5.74) is 1.24. The van der Waals surface area contributed by atoms with E-state index >= 15 is 0 Å². The molecule has 1 aromatic rings. The molecule has 0 heterocycles.